The predicted molar refractivity (Wildman–Crippen MR) is 85.7 cm³/mol. The van der Waals surface area contributed by atoms with Gasteiger partial charge in [0.15, 0.2) is 0 Å². The van der Waals surface area contributed by atoms with Crippen molar-refractivity contribution in [1.82, 2.24) is 9.97 Å². The van der Waals surface area contributed by atoms with Gasteiger partial charge in [0.1, 0.15) is 16.7 Å². The van der Waals surface area contributed by atoms with E-state index in [1.165, 1.54) is 20.4 Å². The largest absolute Gasteiger partial charge is 0.497 e. The average molecular weight is 357 g/mol. The number of ether oxygens (including phenoxy) is 2. The van der Waals surface area contributed by atoms with Crippen LogP contribution in [0.15, 0.2) is 24.4 Å². The Morgan fingerprint density at radius 1 is 1.30 bits per heavy atom. The highest BCUT2D eigenvalue weighted by Crippen LogP contribution is 2.34. The van der Waals surface area contributed by atoms with Gasteiger partial charge in [-0.05, 0) is 36.2 Å². The van der Waals surface area contributed by atoms with Crippen molar-refractivity contribution < 1.29 is 19.4 Å². The van der Waals surface area contributed by atoms with Gasteiger partial charge in [-0.2, -0.15) is 0 Å². The highest BCUT2D eigenvalue weighted by Gasteiger charge is 2.26. The van der Waals surface area contributed by atoms with Crippen LogP contribution in [-0.4, -0.2) is 35.3 Å². The van der Waals surface area contributed by atoms with E-state index in [1.807, 2.05) is 0 Å². The van der Waals surface area contributed by atoms with Crippen LogP contribution in [0.1, 0.15) is 17.0 Å². The van der Waals surface area contributed by atoms with Gasteiger partial charge in [0.25, 0.3) is 0 Å². The van der Waals surface area contributed by atoms with Crippen LogP contribution in [0.5, 0.6) is 11.5 Å². The molecule has 0 saturated heterocycles. The van der Waals surface area contributed by atoms with Gasteiger partial charge < -0.3 is 14.6 Å². The van der Waals surface area contributed by atoms with Gasteiger partial charge in [-0.3, -0.25) is 4.79 Å². The highest BCUT2D eigenvalue weighted by molar-refractivity contribution is 6.32. The van der Waals surface area contributed by atoms with Crippen LogP contribution in [0.3, 0.4) is 0 Å². The number of carboxylic acid groups (broad SMARTS) is 1. The lowest BCUT2D eigenvalue weighted by molar-refractivity contribution is -0.138. The number of benzene rings is 1. The van der Waals surface area contributed by atoms with Gasteiger partial charge in [-0.1, -0.05) is 11.6 Å². The first-order valence-corrected chi connectivity index (χ1v) is 7.33. The molecule has 2 rings (SSSR count). The number of carbonyl (C=O) groups is 1. The molecule has 1 atom stereocenters. The number of rotatable bonds is 6. The van der Waals surface area contributed by atoms with Crippen LogP contribution < -0.4 is 9.47 Å². The highest BCUT2D eigenvalue weighted by atomic mass is 35.5. The van der Waals surface area contributed by atoms with Crippen LogP contribution in [0.4, 0.5) is 0 Å². The van der Waals surface area contributed by atoms with E-state index in [2.05, 4.69) is 9.97 Å². The Hall–Kier alpha value is -2.05. The summed E-state index contributed by atoms with van der Waals surface area (Å²) >= 11 is 11.7. The van der Waals surface area contributed by atoms with Gasteiger partial charge in [0, 0.05) is 17.3 Å². The Balaban J connectivity index is 2.44. The zero-order chi connectivity index (χ0) is 17.0. The molecule has 0 aliphatic carbocycles. The van der Waals surface area contributed by atoms with Crippen LogP contribution in [0.2, 0.25) is 10.4 Å². The minimum Gasteiger partial charge on any atom is -0.497 e. The van der Waals surface area contributed by atoms with E-state index in [1.54, 1.807) is 18.2 Å². The second kappa shape index (κ2) is 7.48. The van der Waals surface area contributed by atoms with Gasteiger partial charge in [0.05, 0.1) is 20.1 Å². The van der Waals surface area contributed by atoms with Crippen molar-refractivity contribution in [2.75, 3.05) is 14.2 Å². The second-order valence-corrected chi connectivity index (χ2v) is 5.35. The monoisotopic (exact) mass is 356 g/mol. The summed E-state index contributed by atoms with van der Waals surface area (Å²) in [6.07, 6.45) is 1.51. The van der Waals surface area contributed by atoms with Crippen molar-refractivity contribution in [3.63, 3.8) is 0 Å². The maximum Gasteiger partial charge on any atom is 0.311 e. The average Bonchev–Trinajstić information content (AvgIpc) is 2.53. The lowest BCUT2D eigenvalue weighted by atomic mass is 9.92. The number of nitrogens with zero attached hydrogens (tertiary/aromatic N) is 2. The molecule has 0 aliphatic heterocycles. The summed E-state index contributed by atoms with van der Waals surface area (Å²) < 4.78 is 10.4. The summed E-state index contributed by atoms with van der Waals surface area (Å²) in [5.74, 6) is -0.945. The standard InChI is InChI=1S/C15H14Cl2N2O4/c1-22-9-3-4-12(23-2)10(6-9)11(14(20)21)5-8-7-18-15(17)19-13(8)16/h3-4,6-7,11H,5H2,1-2H3,(H,20,21). The maximum atomic E-state index is 11.7. The van der Waals surface area contributed by atoms with Crippen molar-refractivity contribution in [3.05, 3.63) is 46.0 Å². The lowest BCUT2D eigenvalue weighted by Crippen LogP contribution is -2.16. The third-order valence-corrected chi connectivity index (χ3v) is 3.83. The van der Waals surface area contributed by atoms with E-state index in [0.29, 0.717) is 22.6 Å². The fourth-order valence-corrected chi connectivity index (χ4v) is 2.55. The Labute approximate surface area is 143 Å². The van der Waals surface area contributed by atoms with Crippen molar-refractivity contribution in [3.8, 4) is 11.5 Å². The lowest BCUT2D eigenvalue weighted by Gasteiger charge is -2.17. The smallest absolute Gasteiger partial charge is 0.311 e. The minimum atomic E-state index is -1.03. The molecule has 1 N–H and O–H groups in total. The number of methoxy groups -OCH3 is 2. The molecule has 8 heteroatoms. The molecule has 0 aliphatic rings. The zero-order valence-corrected chi connectivity index (χ0v) is 13.9. The number of carboxylic acids is 1. The summed E-state index contributed by atoms with van der Waals surface area (Å²) in [5.41, 5.74) is 0.957. The van der Waals surface area contributed by atoms with Gasteiger partial charge in [0.2, 0.25) is 5.28 Å². The molecule has 1 aromatic carbocycles. The summed E-state index contributed by atoms with van der Waals surface area (Å²) in [6.45, 7) is 0. The first kappa shape index (κ1) is 17.3. The molecule has 0 spiro atoms. The predicted octanol–water partition coefficient (Wildman–Crippen LogP) is 3.21. The molecule has 6 nitrogen and oxygen atoms in total. The van der Waals surface area contributed by atoms with Crippen LogP contribution in [0, 0.1) is 0 Å². The summed E-state index contributed by atoms with van der Waals surface area (Å²) in [6, 6.07) is 4.98. The van der Waals surface area contributed by atoms with E-state index in [9.17, 15) is 9.90 Å². The molecule has 1 heterocycles. The number of aromatic nitrogens is 2. The SMILES string of the molecule is COc1ccc(OC)c(C(Cc2cnc(Cl)nc2Cl)C(=O)O)c1. The fraction of sp³-hybridized carbons (Fsp3) is 0.267. The molecule has 0 saturated carbocycles. The normalized spacial score (nSPS) is 11.8. The van der Waals surface area contributed by atoms with E-state index in [-0.39, 0.29) is 16.9 Å². The molecular weight excluding hydrogens is 343 g/mol. The second-order valence-electron chi connectivity index (χ2n) is 4.66. The molecule has 23 heavy (non-hydrogen) atoms. The van der Waals surface area contributed by atoms with E-state index >= 15 is 0 Å². The molecule has 0 fully saturated rings. The first-order valence-electron chi connectivity index (χ1n) is 6.58. The molecular formula is C15H14Cl2N2O4. The molecule has 1 unspecified atom stereocenters. The van der Waals surface area contributed by atoms with Gasteiger partial charge in [-0.25, -0.2) is 9.97 Å². The molecule has 1 aromatic heterocycles. The van der Waals surface area contributed by atoms with Gasteiger partial charge >= 0.3 is 5.97 Å². The first-order chi connectivity index (χ1) is 11.0. The minimum absolute atomic E-state index is 0.00425. The van der Waals surface area contributed by atoms with Crippen LogP contribution >= 0.6 is 23.2 Å². The van der Waals surface area contributed by atoms with Crippen molar-refractivity contribution in [1.29, 1.82) is 0 Å². The number of halogens is 2. The van der Waals surface area contributed by atoms with E-state index in [0.717, 1.165) is 0 Å². The van der Waals surface area contributed by atoms with Crippen molar-refractivity contribution in [2.45, 2.75) is 12.3 Å². The summed E-state index contributed by atoms with van der Waals surface area (Å²) in [7, 11) is 2.98. The Morgan fingerprint density at radius 2 is 2.04 bits per heavy atom. The summed E-state index contributed by atoms with van der Waals surface area (Å²) in [5, 5.41) is 9.74. The third kappa shape index (κ3) is 4.03. The van der Waals surface area contributed by atoms with Crippen molar-refractivity contribution >= 4 is 29.2 Å². The third-order valence-electron chi connectivity index (χ3n) is 3.32. The Kier molecular flexibility index (Phi) is 5.63. The maximum absolute atomic E-state index is 11.7. The van der Waals surface area contributed by atoms with E-state index in [4.69, 9.17) is 32.7 Å². The Bertz CT molecular complexity index is 725. The summed E-state index contributed by atoms with van der Waals surface area (Å²) in [4.78, 5) is 19.4. The molecule has 0 radical (unpaired) electrons. The van der Waals surface area contributed by atoms with E-state index < -0.39 is 11.9 Å². The topological polar surface area (TPSA) is 81.5 Å². The quantitative estimate of drug-likeness (QED) is 0.632. The fourth-order valence-electron chi connectivity index (χ4n) is 2.16. The van der Waals surface area contributed by atoms with Crippen molar-refractivity contribution in [2.24, 2.45) is 0 Å². The zero-order valence-electron chi connectivity index (χ0n) is 12.4. The molecule has 122 valence electrons. The number of hydrogen-bond donors (Lipinski definition) is 1. The van der Waals surface area contributed by atoms with Gasteiger partial charge in [-0.15, -0.1) is 0 Å². The number of hydrogen-bond acceptors (Lipinski definition) is 5. The molecule has 0 amide bonds. The molecule has 0 bridgehead atoms. The molecule has 2 aromatic rings. The Morgan fingerprint density at radius 3 is 2.61 bits per heavy atom. The van der Waals surface area contributed by atoms with Crippen LogP contribution in [0.25, 0.3) is 0 Å². The number of aliphatic carboxylic acids is 1. The van der Waals surface area contributed by atoms with Crippen LogP contribution in [-0.2, 0) is 11.2 Å².